The smallest absolute Gasteiger partial charge is 0.250 e. The lowest BCUT2D eigenvalue weighted by molar-refractivity contribution is -0.111. The van der Waals surface area contributed by atoms with E-state index >= 15 is 0 Å². The number of nitrogens with zero attached hydrogens (tertiary/aromatic N) is 1. The van der Waals surface area contributed by atoms with Crippen LogP contribution in [-0.2, 0) is 11.4 Å². The second kappa shape index (κ2) is 10.6. The van der Waals surface area contributed by atoms with Gasteiger partial charge >= 0.3 is 0 Å². The van der Waals surface area contributed by atoms with Gasteiger partial charge in [0.2, 0.25) is 5.91 Å². The molecule has 0 bridgehead atoms. The molecule has 3 aromatic carbocycles. The van der Waals surface area contributed by atoms with Crippen molar-refractivity contribution in [2.24, 2.45) is 0 Å². The van der Waals surface area contributed by atoms with Gasteiger partial charge < -0.3 is 9.47 Å². The van der Waals surface area contributed by atoms with Gasteiger partial charge in [-0.25, -0.2) is 9.37 Å². The van der Waals surface area contributed by atoms with E-state index in [4.69, 9.17) is 9.47 Å². The van der Waals surface area contributed by atoms with Crippen LogP contribution in [0.25, 0.3) is 17.3 Å². The summed E-state index contributed by atoms with van der Waals surface area (Å²) in [5.74, 6) is 0.934. The van der Waals surface area contributed by atoms with E-state index in [0.29, 0.717) is 17.5 Å². The molecule has 0 aliphatic rings. The molecule has 0 unspecified atom stereocenters. The van der Waals surface area contributed by atoms with E-state index < -0.39 is 0 Å². The predicted octanol–water partition coefficient (Wildman–Crippen LogP) is 6.19. The van der Waals surface area contributed by atoms with Gasteiger partial charge in [0.05, 0.1) is 12.8 Å². The molecule has 7 heteroatoms. The summed E-state index contributed by atoms with van der Waals surface area (Å²) < 4.78 is 23.8. The van der Waals surface area contributed by atoms with Crippen LogP contribution < -0.4 is 14.8 Å². The first-order valence-electron chi connectivity index (χ1n) is 10.2. The maximum atomic E-state index is 13.0. The second-order valence-corrected chi connectivity index (χ2v) is 7.93. The molecule has 0 aliphatic heterocycles. The van der Waals surface area contributed by atoms with Gasteiger partial charge in [0, 0.05) is 17.0 Å². The minimum atomic E-state index is -0.272. The molecule has 0 radical (unpaired) electrons. The molecule has 0 aliphatic carbocycles. The predicted molar refractivity (Wildman–Crippen MR) is 129 cm³/mol. The monoisotopic (exact) mass is 460 g/mol. The van der Waals surface area contributed by atoms with E-state index in [0.717, 1.165) is 28.1 Å². The number of thiazole rings is 1. The summed E-state index contributed by atoms with van der Waals surface area (Å²) in [6, 6.07) is 21.1. The highest BCUT2D eigenvalue weighted by Gasteiger charge is 2.07. The summed E-state index contributed by atoms with van der Waals surface area (Å²) in [4.78, 5) is 16.7. The van der Waals surface area contributed by atoms with E-state index in [1.54, 1.807) is 25.3 Å². The Morgan fingerprint density at radius 3 is 2.39 bits per heavy atom. The Kier molecular flexibility index (Phi) is 7.12. The number of ether oxygens (including phenoxy) is 2. The van der Waals surface area contributed by atoms with Gasteiger partial charge in [-0.1, -0.05) is 24.3 Å². The number of hydrogen-bond acceptors (Lipinski definition) is 5. The molecule has 5 nitrogen and oxygen atoms in total. The van der Waals surface area contributed by atoms with E-state index in [1.807, 2.05) is 53.9 Å². The first-order valence-corrected chi connectivity index (χ1v) is 11.0. The number of benzene rings is 3. The normalized spacial score (nSPS) is 10.8. The Balaban J connectivity index is 1.29. The number of anilines is 1. The molecule has 0 atom stereocenters. The van der Waals surface area contributed by atoms with Crippen molar-refractivity contribution >= 4 is 28.5 Å². The molecule has 0 saturated carbocycles. The number of carbonyl (C=O) groups excluding carboxylic acids is 1. The van der Waals surface area contributed by atoms with Gasteiger partial charge in [0.25, 0.3) is 0 Å². The first kappa shape index (κ1) is 22.2. The zero-order valence-electron chi connectivity index (χ0n) is 17.8. The fourth-order valence-corrected chi connectivity index (χ4v) is 3.69. The fourth-order valence-electron chi connectivity index (χ4n) is 2.97. The average Bonchev–Trinajstić information content (AvgIpc) is 3.31. The van der Waals surface area contributed by atoms with E-state index in [1.165, 1.54) is 29.5 Å². The van der Waals surface area contributed by atoms with E-state index in [2.05, 4.69) is 10.3 Å². The lowest BCUT2D eigenvalue weighted by atomic mass is 10.2. The zero-order chi connectivity index (χ0) is 23.0. The van der Waals surface area contributed by atoms with E-state index in [9.17, 15) is 9.18 Å². The van der Waals surface area contributed by atoms with Crippen LogP contribution in [0.15, 0.2) is 84.3 Å². The second-order valence-electron chi connectivity index (χ2n) is 7.07. The first-order chi connectivity index (χ1) is 16.1. The van der Waals surface area contributed by atoms with Crippen LogP contribution in [0.4, 0.5) is 9.52 Å². The highest BCUT2D eigenvalue weighted by atomic mass is 32.1. The van der Waals surface area contributed by atoms with Crippen molar-refractivity contribution in [1.82, 2.24) is 4.98 Å². The van der Waals surface area contributed by atoms with Crippen LogP contribution in [0.3, 0.4) is 0 Å². The molecule has 0 spiro atoms. The Labute approximate surface area is 195 Å². The van der Waals surface area contributed by atoms with Crippen molar-refractivity contribution in [3.8, 4) is 22.8 Å². The van der Waals surface area contributed by atoms with Gasteiger partial charge in [-0.3, -0.25) is 10.1 Å². The molecule has 4 rings (SSSR count). The van der Waals surface area contributed by atoms with Crippen LogP contribution in [0, 0.1) is 5.82 Å². The quantitative estimate of drug-likeness (QED) is 0.319. The molecule has 1 aromatic heterocycles. The zero-order valence-corrected chi connectivity index (χ0v) is 18.6. The van der Waals surface area contributed by atoms with Crippen molar-refractivity contribution in [2.45, 2.75) is 6.61 Å². The summed E-state index contributed by atoms with van der Waals surface area (Å²) >= 11 is 1.37. The van der Waals surface area contributed by atoms with Crippen molar-refractivity contribution in [1.29, 1.82) is 0 Å². The number of carbonyl (C=O) groups is 1. The molecule has 1 heterocycles. The number of amides is 1. The fraction of sp³-hybridized carbons (Fsp3) is 0.0769. The maximum absolute atomic E-state index is 13.0. The third-order valence-corrected chi connectivity index (χ3v) is 5.50. The number of halogens is 1. The van der Waals surface area contributed by atoms with Crippen LogP contribution in [0.5, 0.6) is 11.5 Å². The average molecular weight is 461 g/mol. The van der Waals surface area contributed by atoms with Crippen LogP contribution in [0.2, 0.25) is 0 Å². The largest absolute Gasteiger partial charge is 0.497 e. The molecule has 0 saturated heterocycles. The summed E-state index contributed by atoms with van der Waals surface area (Å²) in [7, 11) is 1.62. The van der Waals surface area contributed by atoms with Crippen LogP contribution in [0.1, 0.15) is 11.1 Å². The van der Waals surface area contributed by atoms with Crippen molar-refractivity contribution in [2.75, 3.05) is 12.4 Å². The van der Waals surface area contributed by atoms with Gasteiger partial charge in [-0.2, -0.15) is 0 Å². The Hall–Kier alpha value is -3.97. The molecule has 1 N–H and O–H groups in total. The van der Waals surface area contributed by atoms with Gasteiger partial charge in [-0.05, 0) is 65.7 Å². The van der Waals surface area contributed by atoms with Gasteiger partial charge in [0.1, 0.15) is 23.9 Å². The summed E-state index contributed by atoms with van der Waals surface area (Å²) in [6.45, 7) is 0.351. The number of nitrogens with one attached hydrogen (secondary N) is 1. The molecule has 4 aromatic rings. The molecule has 166 valence electrons. The molecule has 1 amide bonds. The van der Waals surface area contributed by atoms with Crippen molar-refractivity contribution in [3.63, 3.8) is 0 Å². The lowest BCUT2D eigenvalue weighted by Crippen LogP contribution is -2.07. The third-order valence-electron chi connectivity index (χ3n) is 4.75. The third kappa shape index (κ3) is 6.27. The van der Waals surface area contributed by atoms with Crippen molar-refractivity contribution in [3.05, 3.63) is 101 Å². The van der Waals surface area contributed by atoms with Crippen molar-refractivity contribution < 1.29 is 18.7 Å². The van der Waals surface area contributed by atoms with Crippen LogP contribution >= 0.6 is 11.3 Å². The number of methoxy groups -OCH3 is 1. The Morgan fingerprint density at radius 1 is 1.00 bits per heavy atom. The molecular formula is C26H21FN2O3S. The topological polar surface area (TPSA) is 60.5 Å². The SMILES string of the molecule is COc1ccc(-c2csc(NC(=O)/C=C\c3ccc(OCc4ccc(F)cc4)cc3)n2)cc1. The number of aromatic nitrogens is 1. The van der Waals surface area contributed by atoms with Gasteiger partial charge in [0.15, 0.2) is 5.13 Å². The summed E-state index contributed by atoms with van der Waals surface area (Å²) in [5.41, 5.74) is 3.48. The Bertz CT molecular complexity index is 1230. The lowest BCUT2D eigenvalue weighted by Gasteiger charge is -2.06. The minimum Gasteiger partial charge on any atom is -0.497 e. The number of rotatable bonds is 8. The highest BCUT2D eigenvalue weighted by molar-refractivity contribution is 7.14. The minimum absolute atomic E-state index is 0.262. The molecular weight excluding hydrogens is 439 g/mol. The summed E-state index contributed by atoms with van der Waals surface area (Å²) in [6.07, 6.45) is 3.18. The van der Waals surface area contributed by atoms with Crippen LogP contribution in [-0.4, -0.2) is 18.0 Å². The molecule has 33 heavy (non-hydrogen) atoms. The standard InChI is InChI=1S/C26H21FN2O3S/c1-31-22-13-7-20(8-14-22)24-17-33-26(28-24)29-25(30)15-6-18-4-11-23(12-5-18)32-16-19-2-9-21(27)10-3-19/h2-15,17H,16H2,1H3,(H,28,29,30)/b15-6-. The maximum Gasteiger partial charge on any atom is 0.250 e. The van der Waals surface area contributed by atoms with E-state index in [-0.39, 0.29) is 11.7 Å². The van der Waals surface area contributed by atoms with Gasteiger partial charge in [-0.15, -0.1) is 11.3 Å². The highest BCUT2D eigenvalue weighted by Crippen LogP contribution is 2.26. The Morgan fingerprint density at radius 2 is 1.70 bits per heavy atom. The number of hydrogen-bond donors (Lipinski definition) is 1. The summed E-state index contributed by atoms with van der Waals surface area (Å²) in [5, 5.41) is 5.21. The molecule has 0 fully saturated rings.